The quantitative estimate of drug-likeness (QED) is 0.877. The van der Waals surface area contributed by atoms with Crippen molar-refractivity contribution in [3.05, 3.63) is 30.3 Å². The van der Waals surface area contributed by atoms with Crippen molar-refractivity contribution in [3.8, 4) is 0 Å². The topological polar surface area (TPSA) is 52.7 Å². The van der Waals surface area contributed by atoms with Crippen LogP contribution in [0.5, 0.6) is 0 Å². The molecule has 1 aromatic rings. The Labute approximate surface area is 138 Å². The summed E-state index contributed by atoms with van der Waals surface area (Å²) in [6.07, 6.45) is 1.22. The number of hydrogen-bond acceptors (Lipinski definition) is 3. The van der Waals surface area contributed by atoms with Crippen LogP contribution in [0.3, 0.4) is 0 Å². The molecule has 23 heavy (non-hydrogen) atoms. The molecule has 126 valence electrons. The number of nitrogens with one attached hydrogen (secondary N) is 1. The molecule has 0 aromatic heterocycles. The summed E-state index contributed by atoms with van der Waals surface area (Å²) in [4.78, 5) is 24.7. The second-order valence-corrected chi connectivity index (χ2v) is 6.78. The molecule has 1 aliphatic rings. The summed E-state index contributed by atoms with van der Waals surface area (Å²) in [6, 6.07) is 9.85. The van der Waals surface area contributed by atoms with Gasteiger partial charge in [0, 0.05) is 19.5 Å². The van der Waals surface area contributed by atoms with Gasteiger partial charge in [-0.1, -0.05) is 32.0 Å². The fourth-order valence-electron chi connectivity index (χ4n) is 3.07. The van der Waals surface area contributed by atoms with Gasteiger partial charge in [0.15, 0.2) is 0 Å². The zero-order chi connectivity index (χ0) is 17.0. The van der Waals surface area contributed by atoms with Crippen LogP contribution < -0.4 is 10.3 Å². The van der Waals surface area contributed by atoms with Crippen molar-refractivity contribution in [3.63, 3.8) is 0 Å². The van der Waals surface area contributed by atoms with E-state index in [0.717, 1.165) is 12.1 Å². The van der Waals surface area contributed by atoms with Gasteiger partial charge in [-0.05, 0) is 31.4 Å². The Balaban J connectivity index is 1.95. The Hall–Kier alpha value is -2.04. The van der Waals surface area contributed by atoms with Crippen molar-refractivity contribution in [2.75, 3.05) is 18.6 Å². The lowest BCUT2D eigenvalue weighted by Gasteiger charge is -2.30. The molecule has 1 heterocycles. The molecule has 0 saturated carbocycles. The highest BCUT2D eigenvalue weighted by Gasteiger charge is 2.36. The number of rotatable bonds is 6. The maximum Gasteiger partial charge on any atom is 0.241 e. The predicted molar refractivity (Wildman–Crippen MR) is 91.7 cm³/mol. The molecule has 2 atom stereocenters. The van der Waals surface area contributed by atoms with Gasteiger partial charge in [0.05, 0.1) is 18.2 Å². The largest absolute Gasteiger partial charge is 0.353 e. The number of hydrazine groups is 1. The summed E-state index contributed by atoms with van der Waals surface area (Å²) < 4.78 is 0. The fourth-order valence-corrected chi connectivity index (χ4v) is 3.07. The third-order valence-corrected chi connectivity index (χ3v) is 4.18. The smallest absolute Gasteiger partial charge is 0.241 e. The second kappa shape index (κ2) is 7.49. The summed E-state index contributed by atoms with van der Waals surface area (Å²) in [6.45, 7) is 6.73. The van der Waals surface area contributed by atoms with Gasteiger partial charge in [0.1, 0.15) is 0 Å². The second-order valence-electron chi connectivity index (χ2n) is 6.78. The minimum atomic E-state index is -0.275. The number of carbonyl (C=O) groups excluding carboxylic acids is 2. The summed E-state index contributed by atoms with van der Waals surface area (Å²) in [5.41, 5.74) is 0.940. The Bertz CT molecular complexity index is 544. The van der Waals surface area contributed by atoms with Crippen LogP contribution >= 0.6 is 0 Å². The summed E-state index contributed by atoms with van der Waals surface area (Å²) in [7, 11) is 1.86. The molecule has 1 aromatic carbocycles. The van der Waals surface area contributed by atoms with Gasteiger partial charge >= 0.3 is 0 Å². The lowest BCUT2D eigenvalue weighted by molar-refractivity contribution is -0.129. The predicted octanol–water partition coefficient (Wildman–Crippen LogP) is 2.44. The molecule has 1 N–H and O–H groups in total. The molecule has 2 unspecified atom stereocenters. The first-order valence-electron chi connectivity index (χ1n) is 8.28. The van der Waals surface area contributed by atoms with Gasteiger partial charge in [-0.2, -0.15) is 0 Å². The highest BCUT2D eigenvalue weighted by molar-refractivity contribution is 5.90. The van der Waals surface area contributed by atoms with E-state index in [9.17, 15) is 9.59 Å². The average molecular weight is 317 g/mol. The zero-order valence-corrected chi connectivity index (χ0v) is 14.5. The van der Waals surface area contributed by atoms with E-state index in [1.54, 1.807) is 5.01 Å². The summed E-state index contributed by atoms with van der Waals surface area (Å²) in [5.74, 6) is 0.239. The van der Waals surface area contributed by atoms with Crippen molar-refractivity contribution < 1.29 is 9.59 Å². The standard InChI is InChI=1S/C18H27N3O2/c1-13(2)10-14(3)19-18(23)15-11-17(22)21(12-15)20(4)16-8-6-5-7-9-16/h5-9,13-15H,10-12H2,1-4H3,(H,19,23). The van der Waals surface area contributed by atoms with Crippen LogP contribution in [0.25, 0.3) is 0 Å². The highest BCUT2D eigenvalue weighted by Crippen LogP contribution is 2.23. The Kier molecular flexibility index (Phi) is 5.64. The molecule has 5 heteroatoms. The maximum atomic E-state index is 12.4. The van der Waals surface area contributed by atoms with Crippen molar-refractivity contribution >= 4 is 17.5 Å². The number of nitrogens with zero attached hydrogens (tertiary/aromatic N) is 2. The number of amides is 2. The van der Waals surface area contributed by atoms with Crippen LogP contribution in [0.15, 0.2) is 30.3 Å². The number of para-hydroxylation sites is 1. The monoisotopic (exact) mass is 317 g/mol. The van der Waals surface area contributed by atoms with E-state index in [0.29, 0.717) is 12.5 Å². The number of hydrogen-bond donors (Lipinski definition) is 1. The Morgan fingerprint density at radius 3 is 2.57 bits per heavy atom. The lowest BCUT2D eigenvalue weighted by atomic mass is 10.0. The van der Waals surface area contributed by atoms with Crippen LogP contribution in [0, 0.1) is 11.8 Å². The maximum absolute atomic E-state index is 12.4. The molecule has 5 nitrogen and oxygen atoms in total. The first-order valence-corrected chi connectivity index (χ1v) is 8.28. The van der Waals surface area contributed by atoms with Crippen LogP contribution in [0.1, 0.15) is 33.6 Å². The van der Waals surface area contributed by atoms with Gasteiger partial charge in [-0.15, -0.1) is 0 Å². The molecule has 1 fully saturated rings. The summed E-state index contributed by atoms with van der Waals surface area (Å²) >= 11 is 0. The minimum absolute atomic E-state index is 0.00647. The Morgan fingerprint density at radius 1 is 1.30 bits per heavy atom. The third kappa shape index (κ3) is 4.47. The first-order chi connectivity index (χ1) is 10.9. The molecular weight excluding hydrogens is 290 g/mol. The van der Waals surface area contributed by atoms with Gasteiger partial charge in [-0.3, -0.25) is 19.6 Å². The van der Waals surface area contributed by atoms with Gasteiger partial charge in [0.25, 0.3) is 0 Å². The van der Waals surface area contributed by atoms with E-state index in [1.807, 2.05) is 49.3 Å². The molecule has 0 aliphatic carbocycles. The van der Waals surface area contributed by atoms with Crippen molar-refractivity contribution in [2.45, 2.75) is 39.7 Å². The number of anilines is 1. The molecular formula is C18H27N3O2. The molecule has 0 radical (unpaired) electrons. The highest BCUT2D eigenvalue weighted by atomic mass is 16.2. The van der Waals surface area contributed by atoms with Crippen molar-refractivity contribution in [1.82, 2.24) is 10.3 Å². The molecule has 0 spiro atoms. The molecule has 1 aliphatic heterocycles. The van der Waals surface area contributed by atoms with E-state index in [4.69, 9.17) is 0 Å². The Morgan fingerprint density at radius 2 is 1.96 bits per heavy atom. The van der Waals surface area contributed by atoms with Gasteiger partial charge < -0.3 is 5.32 Å². The van der Waals surface area contributed by atoms with Crippen molar-refractivity contribution in [2.24, 2.45) is 11.8 Å². The van der Waals surface area contributed by atoms with Crippen LogP contribution in [0.4, 0.5) is 5.69 Å². The van der Waals surface area contributed by atoms with Gasteiger partial charge in [-0.25, -0.2) is 0 Å². The molecule has 0 bridgehead atoms. The van der Waals surface area contributed by atoms with Crippen LogP contribution in [-0.4, -0.2) is 36.5 Å². The third-order valence-electron chi connectivity index (χ3n) is 4.18. The average Bonchev–Trinajstić information content (AvgIpc) is 2.88. The first kappa shape index (κ1) is 17.3. The van der Waals surface area contributed by atoms with E-state index < -0.39 is 0 Å². The molecule has 2 amide bonds. The normalized spacial score (nSPS) is 19.1. The molecule has 1 saturated heterocycles. The summed E-state index contributed by atoms with van der Waals surface area (Å²) in [5, 5.41) is 6.52. The SMILES string of the molecule is CC(C)CC(C)NC(=O)C1CC(=O)N(N(C)c2ccccc2)C1. The van der Waals surface area contributed by atoms with E-state index in [1.165, 1.54) is 0 Å². The van der Waals surface area contributed by atoms with E-state index >= 15 is 0 Å². The van der Waals surface area contributed by atoms with Crippen molar-refractivity contribution in [1.29, 1.82) is 0 Å². The number of carbonyl (C=O) groups is 2. The number of benzene rings is 1. The fraction of sp³-hybridized carbons (Fsp3) is 0.556. The van der Waals surface area contributed by atoms with E-state index in [2.05, 4.69) is 19.2 Å². The minimum Gasteiger partial charge on any atom is -0.353 e. The molecule has 2 rings (SSSR count). The zero-order valence-electron chi connectivity index (χ0n) is 14.5. The van der Waals surface area contributed by atoms with Crippen LogP contribution in [-0.2, 0) is 9.59 Å². The van der Waals surface area contributed by atoms with Gasteiger partial charge in [0.2, 0.25) is 11.8 Å². The van der Waals surface area contributed by atoms with E-state index in [-0.39, 0.29) is 30.2 Å². The lowest BCUT2D eigenvalue weighted by Crippen LogP contribution is -2.43. The van der Waals surface area contributed by atoms with Crippen LogP contribution in [0.2, 0.25) is 0 Å².